The molecule has 0 aliphatic rings. The fraction of sp³-hybridized carbons (Fsp3) is 0.154. The lowest BCUT2D eigenvalue weighted by Crippen LogP contribution is -2.04. The van der Waals surface area contributed by atoms with Crippen molar-refractivity contribution in [2.24, 2.45) is 0 Å². The first-order chi connectivity index (χ1) is 9.40. The highest BCUT2D eigenvalue weighted by Gasteiger charge is 2.30. The van der Waals surface area contributed by atoms with Crippen LogP contribution in [-0.4, -0.2) is 10.1 Å². The van der Waals surface area contributed by atoms with Crippen LogP contribution in [0.15, 0.2) is 36.5 Å². The van der Waals surface area contributed by atoms with Crippen LogP contribution in [0.3, 0.4) is 0 Å². The minimum Gasteiger partial charge on any atom is -0.439 e. The van der Waals surface area contributed by atoms with Crippen molar-refractivity contribution in [3.05, 3.63) is 52.7 Å². The lowest BCUT2D eigenvalue weighted by atomic mass is 10.2. The van der Waals surface area contributed by atoms with Gasteiger partial charge in [0.15, 0.2) is 0 Å². The summed E-state index contributed by atoms with van der Waals surface area (Å²) in [6, 6.07) is 5.63. The van der Waals surface area contributed by atoms with Gasteiger partial charge in [0.2, 0.25) is 5.88 Å². The number of nitrogens with zero attached hydrogens (tertiary/aromatic N) is 1. The molecule has 20 heavy (non-hydrogen) atoms. The molecule has 0 spiro atoms. The molecule has 0 aliphatic carbocycles. The number of aliphatic hydroxyl groups is 1. The van der Waals surface area contributed by atoms with Gasteiger partial charge in [-0.25, -0.2) is 4.98 Å². The monoisotopic (exact) mass is 303 g/mol. The van der Waals surface area contributed by atoms with E-state index < -0.39 is 11.7 Å². The molecule has 7 heteroatoms. The van der Waals surface area contributed by atoms with Crippen LogP contribution in [0.25, 0.3) is 0 Å². The van der Waals surface area contributed by atoms with Gasteiger partial charge in [0.25, 0.3) is 0 Å². The number of aliphatic hydroxyl groups excluding tert-OH is 1. The van der Waals surface area contributed by atoms with Gasteiger partial charge in [-0.15, -0.1) is 0 Å². The van der Waals surface area contributed by atoms with E-state index in [9.17, 15) is 13.2 Å². The summed E-state index contributed by atoms with van der Waals surface area (Å²) in [6.07, 6.45) is -3.09. The number of halogens is 4. The maximum atomic E-state index is 12.4. The zero-order chi connectivity index (χ0) is 14.8. The number of ether oxygens (including phenoxy) is 1. The smallest absolute Gasteiger partial charge is 0.416 e. The molecule has 0 unspecified atom stereocenters. The first-order valence-electron chi connectivity index (χ1n) is 5.50. The number of pyridine rings is 1. The standard InChI is InChI=1S/C13H9ClF3NO2/c14-11-6-18-12(5-8(11)7-19)20-10-3-1-9(2-4-10)13(15,16)17/h1-6,19H,7H2. The van der Waals surface area contributed by atoms with Crippen LogP contribution in [0, 0.1) is 0 Å². The molecule has 0 saturated heterocycles. The normalized spacial score (nSPS) is 11.4. The lowest BCUT2D eigenvalue weighted by molar-refractivity contribution is -0.137. The van der Waals surface area contributed by atoms with Crippen molar-refractivity contribution in [3.8, 4) is 11.6 Å². The summed E-state index contributed by atoms with van der Waals surface area (Å²) >= 11 is 5.77. The van der Waals surface area contributed by atoms with Gasteiger partial charge in [-0.3, -0.25) is 0 Å². The molecule has 1 aromatic carbocycles. The Labute approximate surface area is 117 Å². The number of rotatable bonds is 3. The number of benzene rings is 1. The highest BCUT2D eigenvalue weighted by Crippen LogP contribution is 2.31. The van der Waals surface area contributed by atoms with Crippen molar-refractivity contribution in [1.29, 1.82) is 0 Å². The van der Waals surface area contributed by atoms with E-state index in [1.807, 2.05) is 0 Å². The second-order valence-corrected chi connectivity index (χ2v) is 4.30. The minimum absolute atomic E-state index is 0.137. The van der Waals surface area contributed by atoms with Crippen LogP contribution in [0.4, 0.5) is 13.2 Å². The maximum Gasteiger partial charge on any atom is 0.416 e. The zero-order valence-electron chi connectivity index (χ0n) is 9.99. The largest absolute Gasteiger partial charge is 0.439 e. The predicted octanol–water partition coefficient (Wildman–Crippen LogP) is 4.04. The highest BCUT2D eigenvalue weighted by molar-refractivity contribution is 6.31. The van der Waals surface area contributed by atoms with Gasteiger partial charge < -0.3 is 9.84 Å². The maximum absolute atomic E-state index is 12.4. The fourth-order valence-corrected chi connectivity index (χ4v) is 1.63. The number of aromatic nitrogens is 1. The summed E-state index contributed by atoms with van der Waals surface area (Å²) in [4.78, 5) is 3.87. The van der Waals surface area contributed by atoms with Gasteiger partial charge in [-0.1, -0.05) is 11.6 Å². The van der Waals surface area contributed by atoms with Gasteiger partial charge in [0, 0.05) is 17.8 Å². The van der Waals surface area contributed by atoms with Gasteiger partial charge in [0.05, 0.1) is 17.2 Å². The summed E-state index contributed by atoms with van der Waals surface area (Å²) in [5.74, 6) is 0.343. The molecule has 1 heterocycles. The molecule has 106 valence electrons. The van der Waals surface area contributed by atoms with E-state index in [0.29, 0.717) is 5.56 Å². The van der Waals surface area contributed by atoms with Crippen molar-refractivity contribution < 1.29 is 23.0 Å². The molecule has 1 aromatic heterocycles. The molecule has 1 N–H and O–H groups in total. The van der Waals surface area contributed by atoms with Crippen molar-refractivity contribution in [2.75, 3.05) is 0 Å². The summed E-state index contributed by atoms with van der Waals surface area (Å²) < 4.78 is 42.5. The van der Waals surface area contributed by atoms with Crippen molar-refractivity contribution >= 4 is 11.6 Å². The Hall–Kier alpha value is -1.79. The summed E-state index contributed by atoms with van der Waals surface area (Å²) in [5, 5.41) is 9.33. The Morgan fingerprint density at radius 3 is 2.40 bits per heavy atom. The second kappa shape index (κ2) is 5.68. The SMILES string of the molecule is OCc1cc(Oc2ccc(C(F)(F)F)cc2)ncc1Cl. The Bertz CT molecular complexity index is 600. The average molecular weight is 304 g/mol. The Morgan fingerprint density at radius 1 is 1.20 bits per heavy atom. The summed E-state index contributed by atoms with van der Waals surface area (Å²) in [5.41, 5.74) is -0.339. The number of hydrogen-bond donors (Lipinski definition) is 1. The molecule has 2 aromatic rings. The summed E-state index contributed by atoms with van der Waals surface area (Å²) in [6.45, 7) is -0.287. The van der Waals surface area contributed by atoms with E-state index in [1.54, 1.807) is 0 Å². The van der Waals surface area contributed by atoms with Crippen LogP contribution in [-0.2, 0) is 12.8 Å². The molecule has 0 radical (unpaired) electrons. The van der Waals surface area contributed by atoms with Gasteiger partial charge in [-0.05, 0) is 24.3 Å². The molecule has 2 rings (SSSR count). The molecule has 0 atom stereocenters. The van der Waals surface area contributed by atoms with Gasteiger partial charge in [-0.2, -0.15) is 13.2 Å². The molecule has 0 aliphatic heterocycles. The third-order valence-electron chi connectivity index (χ3n) is 2.48. The van der Waals surface area contributed by atoms with Crippen molar-refractivity contribution in [1.82, 2.24) is 4.98 Å². The third-order valence-corrected chi connectivity index (χ3v) is 2.82. The second-order valence-electron chi connectivity index (χ2n) is 3.90. The first kappa shape index (κ1) is 14.6. The van der Waals surface area contributed by atoms with Crippen LogP contribution in [0.5, 0.6) is 11.6 Å². The Kier molecular flexibility index (Phi) is 4.15. The highest BCUT2D eigenvalue weighted by atomic mass is 35.5. The van der Waals surface area contributed by atoms with E-state index >= 15 is 0 Å². The van der Waals surface area contributed by atoms with Crippen LogP contribution >= 0.6 is 11.6 Å². The number of hydrogen-bond acceptors (Lipinski definition) is 3. The minimum atomic E-state index is -4.39. The third kappa shape index (κ3) is 3.40. The van der Waals surface area contributed by atoms with Gasteiger partial charge in [0.1, 0.15) is 5.75 Å². The molecular weight excluding hydrogens is 295 g/mol. The Morgan fingerprint density at radius 2 is 1.85 bits per heavy atom. The molecule has 0 amide bonds. The Balaban J connectivity index is 2.18. The van der Waals surface area contributed by atoms with Crippen LogP contribution in [0.2, 0.25) is 5.02 Å². The molecule has 0 saturated carbocycles. The van der Waals surface area contributed by atoms with E-state index in [0.717, 1.165) is 12.1 Å². The first-order valence-corrected chi connectivity index (χ1v) is 5.88. The molecule has 0 bridgehead atoms. The topological polar surface area (TPSA) is 42.4 Å². The molecule has 3 nitrogen and oxygen atoms in total. The van der Waals surface area contributed by atoms with Crippen molar-refractivity contribution in [3.63, 3.8) is 0 Å². The lowest BCUT2D eigenvalue weighted by Gasteiger charge is -2.09. The number of alkyl halides is 3. The van der Waals surface area contributed by atoms with Crippen LogP contribution < -0.4 is 4.74 Å². The van der Waals surface area contributed by atoms with E-state index in [2.05, 4.69) is 4.98 Å². The van der Waals surface area contributed by atoms with Crippen LogP contribution in [0.1, 0.15) is 11.1 Å². The van der Waals surface area contributed by atoms with E-state index in [-0.39, 0.29) is 23.3 Å². The van der Waals surface area contributed by atoms with Gasteiger partial charge >= 0.3 is 6.18 Å². The zero-order valence-corrected chi connectivity index (χ0v) is 10.7. The quantitative estimate of drug-likeness (QED) is 0.930. The van der Waals surface area contributed by atoms with E-state index in [4.69, 9.17) is 21.4 Å². The van der Waals surface area contributed by atoms with E-state index in [1.165, 1.54) is 24.4 Å². The summed E-state index contributed by atoms with van der Waals surface area (Å²) in [7, 11) is 0. The molecule has 0 fully saturated rings. The fourth-order valence-electron chi connectivity index (χ4n) is 1.47. The predicted molar refractivity (Wildman–Crippen MR) is 66.7 cm³/mol. The molecular formula is C13H9ClF3NO2. The van der Waals surface area contributed by atoms with Crippen molar-refractivity contribution in [2.45, 2.75) is 12.8 Å². The average Bonchev–Trinajstić information content (AvgIpc) is 2.40.